The molecule has 6 heteroatoms. The van der Waals surface area contributed by atoms with Crippen molar-refractivity contribution in [1.29, 1.82) is 0 Å². The van der Waals surface area contributed by atoms with Crippen molar-refractivity contribution in [2.24, 2.45) is 0 Å². The Kier molecular flexibility index (Phi) is 8.25. The van der Waals surface area contributed by atoms with Crippen LogP contribution in [0.5, 0.6) is 5.75 Å². The molecule has 0 bridgehead atoms. The van der Waals surface area contributed by atoms with Gasteiger partial charge in [0.05, 0.1) is 12.2 Å². The van der Waals surface area contributed by atoms with Gasteiger partial charge >= 0.3 is 5.97 Å². The van der Waals surface area contributed by atoms with Gasteiger partial charge in [0.1, 0.15) is 11.3 Å². The fourth-order valence-corrected chi connectivity index (χ4v) is 3.99. The molecule has 0 saturated carbocycles. The first-order chi connectivity index (χ1) is 17.9. The number of aryl methyl sites for hydroxylation is 1. The highest BCUT2D eigenvalue weighted by Crippen LogP contribution is 2.30. The van der Waals surface area contributed by atoms with E-state index in [-0.39, 0.29) is 30.1 Å². The van der Waals surface area contributed by atoms with Crippen LogP contribution >= 0.6 is 11.6 Å². The fourth-order valence-electron chi connectivity index (χ4n) is 3.86. The number of benzene rings is 4. The van der Waals surface area contributed by atoms with Crippen molar-refractivity contribution in [3.05, 3.63) is 130 Å². The van der Waals surface area contributed by atoms with Crippen molar-refractivity contribution in [3.63, 3.8) is 0 Å². The van der Waals surface area contributed by atoms with Gasteiger partial charge in [-0.2, -0.15) is 0 Å². The summed E-state index contributed by atoms with van der Waals surface area (Å²) in [4.78, 5) is 26.7. The van der Waals surface area contributed by atoms with Gasteiger partial charge in [0.15, 0.2) is 0 Å². The number of nitrogens with zero attached hydrogens (tertiary/aromatic N) is 1. The van der Waals surface area contributed by atoms with Crippen LogP contribution in [-0.2, 0) is 17.8 Å². The molecule has 0 radical (unpaired) electrons. The third kappa shape index (κ3) is 6.78. The smallest absolute Gasteiger partial charge is 0.341 e. The topological polar surface area (TPSA) is 77.8 Å². The number of carboxylic acid groups (broad SMARTS) is 1. The van der Waals surface area contributed by atoms with Crippen molar-refractivity contribution in [3.8, 4) is 17.6 Å². The number of hydrogen-bond donors (Lipinski definition) is 2. The number of aromatic carboxylic acids is 1. The van der Waals surface area contributed by atoms with Gasteiger partial charge in [-0.15, -0.1) is 0 Å². The van der Waals surface area contributed by atoms with Crippen molar-refractivity contribution in [2.75, 3.05) is 4.90 Å². The predicted molar refractivity (Wildman–Crippen MR) is 145 cm³/mol. The highest BCUT2D eigenvalue weighted by molar-refractivity contribution is 6.30. The number of carbonyl (C=O) groups excluding carboxylic acids is 1. The first kappa shape index (κ1) is 25.6. The standard InChI is InChI=1S/C31H24ClNO4/c32-26-18-15-24(16-19-26)10-9-23-11-13-25(14-12-23)21-33(27-7-4-8-28(34)30(27)31(36)37)29(35)20-17-22-5-2-1-3-6-22/h1-8,11-16,18-19,34H,17,20-21H2,(H,36,37). The molecule has 4 rings (SSSR count). The summed E-state index contributed by atoms with van der Waals surface area (Å²) in [6.07, 6.45) is 0.694. The van der Waals surface area contributed by atoms with Crippen molar-refractivity contribution in [2.45, 2.75) is 19.4 Å². The van der Waals surface area contributed by atoms with E-state index in [1.165, 1.54) is 23.1 Å². The summed E-state index contributed by atoms with van der Waals surface area (Å²) in [7, 11) is 0. The van der Waals surface area contributed by atoms with E-state index in [1.54, 1.807) is 12.1 Å². The van der Waals surface area contributed by atoms with Gasteiger partial charge in [0.2, 0.25) is 5.91 Å². The molecule has 37 heavy (non-hydrogen) atoms. The molecule has 184 valence electrons. The molecule has 2 N–H and O–H groups in total. The summed E-state index contributed by atoms with van der Waals surface area (Å²) < 4.78 is 0. The lowest BCUT2D eigenvalue weighted by Gasteiger charge is -2.25. The molecular weight excluding hydrogens is 486 g/mol. The molecule has 1 amide bonds. The molecule has 0 heterocycles. The maximum absolute atomic E-state index is 13.4. The van der Waals surface area contributed by atoms with Gasteiger partial charge in [-0.3, -0.25) is 4.79 Å². The third-order valence-corrected chi connectivity index (χ3v) is 6.04. The van der Waals surface area contributed by atoms with Crippen LogP contribution < -0.4 is 4.90 Å². The minimum Gasteiger partial charge on any atom is -0.507 e. The molecule has 0 unspecified atom stereocenters. The van der Waals surface area contributed by atoms with E-state index in [2.05, 4.69) is 11.8 Å². The quantitative estimate of drug-likeness (QED) is 0.286. The average molecular weight is 510 g/mol. The molecule has 0 atom stereocenters. The van der Waals surface area contributed by atoms with Gasteiger partial charge in [0.25, 0.3) is 0 Å². The highest BCUT2D eigenvalue weighted by atomic mass is 35.5. The lowest BCUT2D eigenvalue weighted by Crippen LogP contribution is -2.32. The molecule has 0 spiro atoms. The van der Waals surface area contributed by atoms with Crippen LogP contribution in [0.3, 0.4) is 0 Å². The molecular formula is C31H24ClNO4. The molecule has 0 aliphatic heterocycles. The van der Waals surface area contributed by atoms with Gasteiger partial charge < -0.3 is 15.1 Å². The SMILES string of the molecule is O=C(O)c1c(O)cccc1N(Cc1ccc(C#Cc2ccc(Cl)cc2)cc1)C(=O)CCc1ccccc1. The van der Waals surface area contributed by atoms with E-state index < -0.39 is 11.7 Å². The predicted octanol–water partition coefficient (Wildman–Crippen LogP) is 6.31. The van der Waals surface area contributed by atoms with E-state index in [4.69, 9.17) is 11.6 Å². The van der Waals surface area contributed by atoms with E-state index >= 15 is 0 Å². The maximum Gasteiger partial charge on any atom is 0.341 e. The molecule has 5 nitrogen and oxygen atoms in total. The second-order valence-electron chi connectivity index (χ2n) is 8.40. The number of amides is 1. The van der Waals surface area contributed by atoms with E-state index in [0.29, 0.717) is 11.4 Å². The Balaban J connectivity index is 1.58. The van der Waals surface area contributed by atoms with Gasteiger partial charge in [0, 0.05) is 22.6 Å². The summed E-state index contributed by atoms with van der Waals surface area (Å²) in [5.41, 5.74) is 3.29. The molecule has 0 fully saturated rings. The lowest BCUT2D eigenvalue weighted by molar-refractivity contribution is -0.118. The Morgan fingerprint density at radius 2 is 1.38 bits per heavy atom. The number of phenols is 1. The molecule has 0 saturated heterocycles. The molecule has 0 aliphatic rings. The van der Waals surface area contributed by atoms with Crippen molar-refractivity contribution in [1.82, 2.24) is 0 Å². The number of hydrogen-bond acceptors (Lipinski definition) is 3. The number of carbonyl (C=O) groups is 2. The summed E-state index contributed by atoms with van der Waals surface area (Å²) in [5, 5.41) is 20.6. The van der Waals surface area contributed by atoms with E-state index in [1.807, 2.05) is 66.7 Å². The van der Waals surface area contributed by atoms with Crippen LogP contribution in [0.15, 0.2) is 97.1 Å². The van der Waals surface area contributed by atoms with Crippen LogP contribution in [-0.4, -0.2) is 22.1 Å². The number of carboxylic acids is 1. The Labute approximate surface area is 220 Å². The van der Waals surface area contributed by atoms with Gasteiger partial charge in [-0.05, 0) is 66.1 Å². The summed E-state index contributed by atoms with van der Waals surface area (Å²) >= 11 is 5.92. The average Bonchev–Trinajstić information content (AvgIpc) is 2.91. The maximum atomic E-state index is 13.4. The van der Waals surface area contributed by atoms with Gasteiger partial charge in [-0.1, -0.05) is 72.0 Å². The Hall–Kier alpha value is -4.53. The molecule has 0 aliphatic carbocycles. The summed E-state index contributed by atoms with van der Waals surface area (Å²) in [6.45, 7) is 0.141. The number of rotatable bonds is 7. The summed E-state index contributed by atoms with van der Waals surface area (Å²) in [5.74, 6) is 4.24. The molecule has 4 aromatic carbocycles. The number of halogens is 1. The second kappa shape index (κ2) is 11.9. The minimum absolute atomic E-state index is 0.141. The normalized spacial score (nSPS) is 10.3. The van der Waals surface area contributed by atoms with Crippen LogP contribution in [0.1, 0.15) is 39.0 Å². The van der Waals surface area contributed by atoms with Crippen molar-refractivity contribution < 1.29 is 19.8 Å². The minimum atomic E-state index is -1.30. The van der Waals surface area contributed by atoms with Crippen LogP contribution in [0.4, 0.5) is 5.69 Å². The van der Waals surface area contributed by atoms with Crippen LogP contribution in [0, 0.1) is 11.8 Å². The Bertz CT molecular complexity index is 1450. The Morgan fingerprint density at radius 1 is 0.757 bits per heavy atom. The van der Waals surface area contributed by atoms with Crippen LogP contribution in [0.2, 0.25) is 5.02 Å². The molecule has 4 aromatic rings. The van der Waals surface area contributed by atoms with E-state index in [9.17, 15) is 19.8 Å². The number of anilines is 1. The van der Waals surface area contributed by atoms with Crippen molar-refractivity contribution >= 4 is 29.2 Å². The van der Waals surface area contributed by atoms with Gasteiger partial charge in [-0.25, -0.2) is 4.79 Å². The fraction of sp³-hybridized carbons (Fsp3) is 0.0968. The third-order valence-electron chi connectivity index (χ3n) is 5.79. The highest BCUT2D eigenvalue weighted by Gasteiger charge is 2.24. The molecule has 0 aromatic heterocycles. The first-order valence-electron chi connectivity index (χ1n) is 11.7. The summed E-state index contributed by atoms with van der Waals surface area (Å²) in [6, 6.07) is 28.7. The zero-order valence-corrected chi connectivity index (χ0v) is 20.7. The Morgan fingerprint density at radius 3 is 2.00 bits per heavy atom. The largest absolute Gasteiger partial charge is 0.507 e. The number of aromatic hydroxyl groups is 1. The van der Waals surface area contributed by atoms with Crippen LogP contribution in [0.25, 0.3) is 0 Å². The van der Waals surface area contributed by atoms with E-state index in [0.717, 1.165) is 22.3 Å². The lowest BCUT2D eigenvalue weighted by atomic mass is 10.1. The zero-order valence-electron chi connectivity index (χ0n) is 19.9. The zero-order chi connectivity index (χ0) is 26.2. The second-order valence-corrected chi connectivity index (χ2v) is 8.83. The monoisotopic (exact) mass is 509 g/mol. The first-order valence-corrected chi connectivity index (χ1v) is 12.0.